The lowest BCUT2D eigenvalue weighted by Crippen LogP contribution is -2.35. The van der Waals surface area contributed by atoms with E-state index in [-0.39, 0.29) is 43.7 Å². The molecule has 2 amide bonds. The molecule has 0 saturated carbocycles. The third-order valence-electron chi connectivity index (χ3n) is 5.63. The van der Waals surface area contributed by atoms with Crippen molar-refractivity contribution < 1.29 is 19.2 Å². The number of thioether (sulfide) groups is 1. The number of hydrogen-bond donors (Lipinski definition) is 3. The molecule has 0 aliphatic rings. The van der Waals surface area contributed by atoms with Crippen LogP contribution in [-0.4, -0.2) is 68.6 Å². The minimum atomic E-state index is -0.601. The maximum atomic E-state index is 12.3. The number of amides is 2. The molecule has 0 saturated heterocycles. The lowest BCUT2D eigenvalue weighted by Gasteiger charge is -2.21. The Bertz CT molecular complexity index is 1400. The molecule has 15 heteroatoms. The van der Waals surface area contributed by atoms with Crippen molar-refractivity contribution in [2.45, 2.75) is 50.8 Å². The third kappa shape index (κ3) is 11.9. The Morgan fingerprint density at radius 3 is 2.28 bits per heavy atom. The van der Waals surface area contributed by atoms with Crippen LogP contribution in [0.15, 0.2) is 53.7 Å². The molecule has 0 atom stereocenters. The van der Waals surface area contributed by atoms with Crippen LogP contribution in [0.25, 0.3) is 0 Å². The number of para-hydroxylation sites is 1. The first-order valence-corrected chi connectivity index (χ1v) is 14.8. The highest BCUT2D eigenvalue weighted by Crippen LogP contribution is 2.23. The second-order valence-electron chi connectivity index (χ2n) is 10.3. The Balaban J connectivity index is 1.66. The van der Waals surface area contributed by atoms with E-state index in [1.165, 1.54) is 29.7 Å². The fourth-order valence-electron chi connectivity index (χ4n) is 3.64. The van der Waals surface area contributed by atoms with E-state index in [0.717, 1.165) is 5.56 Å². The maximum absolute atomic E-state index is 12.3. The molecule has 0 bridgehead atoms. The van der Waals surface area contributed by atoms with Crippen molar-refractivity contribution in [2.75, 3.05) is 36.8 Å². The van der Waals surface area contributed by atoms with Crippen LogP contribution in [-0.2, 0) is 21.8 Å². The molecule has 1 heterocycles. The molecule has 0 radical (unpaired) electrons. The zero-order valence-electron chi connectivity index (χ0n) is 24.4. The van der Waals surface area contributed by atoms with Gasteiger partial charge in [0.15, 0.2) is 5.16 Å². The van der Waals surface area contributed by atoms with E-state index >= 15 is 0 Å². The van der Waals surface area contributed by atoms with E-state index in [1.54, 1.807) is 39.0 Å². The lowest BCUT2D eigenvalue weighted by atomic mass is 10.1. The molecule has 0 spiro atoms. The summed E-state index contributed by atoms with van der Waals surface area (Å²) in [4.78, 5) is 50.1. The van der Waals surface area contributed by atoms with E-state index in [1.807, 2.05) is 24.3 Å². The normalized spacial score (nSPS) is 11.0. The topological polar surface area (TPSA) is 165 Å². The summed E-state index contributed by atoms with van der Waals surface area (Å²) in [7, 11) is 0. The number of halogens is 1. The first-order valence-electron chi connectivity index (χ1n) is 13.5. The molecule has 13 nitrogen and oxygen atoms in total. The molecule has 0 aliphatic carbocycles. The Hall–Kier alpha value is -4.17. The molecule has 0 fully saturated rings. The van der Waals surface area contributed by atoms with Crippen molar-refractivity contribution in [3.8, 4) is 0 Å². The highest BCUT2D eigenvalue weighted by atomic mass is 35.5. The number of benzene rings is 2. The number of carbonyl (C=O) groups excluding carboxylic acids is 2. The van der Waals surface area contributed by atoms with E-state index < -0.39 is 16.6 Å². The van der Waals surface area contributed by atoms with Crippen molar-refractivity contribution in [1.82, 2.24) is 25.2 Å². The van der Waals surface area contributed by atoms with Crippen LogP contribution in [0, 0.1) is 10.1 Å². The summed E-state index contributed by atoms with van der Waals surface area (Å²) in [6, 6.07) is 13.8. The highest BCUT2D eigenvalue weighted by Gasteiger charge is 2.18. The van der Waals surface area contributed by atoms with Crippen molar-refractivity contribution >= 4 is 52.9 Å². The van der Waals surface area contributed by atoms with Crippen LogP contribution in [0.2, 0.25) is 5.02 Å². The minimum absolute atomic E-state index is 0.0431. The average Bonchev–Trinajstić information content (AvgIpc) is 2.93. The standard InChI is InChI=1S/C28H35ClN8O5S/c1-19(38)36(17-21-7-5-6-8-23(21)37(40)41)16-15-31-25-33-24(30-13-14-32-27(39)42-28(2,3)4)34-26(35-25)43-18-20-9-11-22(29)12-10-20/h5-12H,13-18H2,1-4H3,(H,32,39)(H2,30,31,33,34,35). The summed E-state index contributed by atoms with van der Waals surface area (Å²) >= 11 is 7.40. The number of aromatic nitrogens is 3. The fourth-order valence-corrected chi connectivity index (χ4v) is 4.56. The van der Waals surface area contributed by atoms with Gasteiger partial charge in [-0.05, 0) is 38.5 Å². The first-order chi connectivity index (χ1) is 20.4. The quantitative estimate of drug-likeness (QED) is 0.0936. The predicted molar refractivity (Wildman–Crippen MR) is 166 cm³/mol. The van der Waals surface area contributed by atoms with Gasteiger partial charge in [-0.15, -0.1) is 0 Å². The molecule has 1 aromatic heterocycles. The van der Waals surface area contributed by atoms with Gasteiger partial charge in [0.1, 0.15) is 5.60 Å². The van der Waals surface area contributed by atoms with Gasteiger partial charge in [-0.2, -0.15) is 15.0 Å². The molecule has 0 aliphatic heterocycles. The molecular weight excluding hydrogens is 596 g/mol. The van der Waals surface area contributed by atoms with Gasteiger partial charge in [0.05, 0.1) is 11.5 Å². The van der Waals surface area contributed by atoms with Crippen LogP contribution in [0.5, 0.6) is 0 Å². The minimum Gasteiger partial charge on any atom is -0.444 e. The third-order valence-corrected chi connectivity index (χ3v) is 6.80. The molecule has 230 valence electrons. The number of nitrogens with zero attached hydrogens (tertiary/aromatic N) is 5. The second kappa shape index (κ2) is 15.9. The van der Waals surface area contributed by atoms with Gasteiger partial charge < -0.3 is 25.6 Å². The zero-order valence-corrected chi connectivity index (χ0v) is 26.0. The van der Waals surface area contributed by atoms with Crippen molar-refractivity contribution in [3.63, 3.8) is 0 Å². The second-order valence-corrected chi connectivity index (χ2v) is 11.7. The molecule has 3 aromatic rings. The van der Waals surface area contributed by atoms with Crippen LogP contribution >= 0.6 is 23.4 Å². The van der Waals surface area contributed by atoms with Crippen LogP contribution in [0.3, 0.4) is 0 Å². The zero-order chi connectivity index (χ0) is 31.4. The molecule has 3 N–H and O–H groups in total. The summed E-state index contributed by atoms with van der Waals surface area (Å²) in [5.74, 6) is 0.944. The smallest absolute Gasteiger partial charge is 0.407 e. The van der Waals surface area contributed by atoms with E-state index in [2.05, 4.69) is 30.9 Å². The monoisotopic (exact) mass is 630 g/mol. The Morgan fingerprint density at radius 2 is 1.65 bits per heavy atom. The number of nitro benzene ring substituents is 1. The molecule has 2 aromatic carbocycles. The number of nitro groups is 1. The number of ether oxygens (including phenoxy) is 1. The number of alkyl carbamates (subject to hydrolysis) is 1. The maximum Gasteiger partial charge on any atom is 0.407 e. The molecular formula is C28H35ClN8O5S. The number of nitrogens with one attached hydrogen (secondary N) is 3. The number of anilines is 2. The Kier molecular flexibility index (Phi) is 12.3. The molecule has 43 heavy (non-hydrogen) atoms. The first kappa shape index (κ1) is 33.3. The predicted octanol–water partition coefficient (Wildman–Crippen LogP) is 5.12. The van der Waals surface area contributed by atoms with Gasteiger partial charge in [0.2, 0.25) is 17.8 Å². The van der Waals surface area contributed by atoms with Gasteiger partial charge >= 0.3 is 6.09 Å². The van der Waals surface area contributed by atoms with Gasteiger partial charge in [-0.1, -0.05) is 53.7 Å². The summed E-state index contributed by atoms with van der Waals surface area (Å²) in [6.45, 7) is 8.00. The summed E-state index contributed by atoms with van der Waals surface area (Å²) in [5, 5.41) is 21.4. The Morgan fingerprint density at radius 1 is 1.00 bits per heavy atom. The SMILES string of the molecule is CC(=O)N(CCNc1nc(NCCNC(=O)OC(C)(C)C)nc(SCc2ccc(Cl)cc2)n1)Cc1ccccc1[N+](=O)[O-]. The van der Waals surface area contributed by atoms with Gasteiger partial charge in [0, 0.05) is 55.5 Å². The van der Waals surface area contributed by atoms with Crippen LogP contribution < -0.4 is 16.0 Å². The number of rotatable bonds is 14. The summed E-state index contributed by atoms with van der Waals surface area (Å²) < 4.78 is 5.24. The Labute approximate surface area is 259 Å². The van der Waals surface area contributed by atoms with Gasteiger partial charge in [0.25, 0.3) is 5.69 Å². The van der Waals surface area contributed by atoms with Crippen molar-refractivity contribution in [2.24, 2.45) is 0 Å². The van der Waals surface area contributed by atoms with E-state index in [0.29, 0.717) is 34.0 Å². The van der Waals surface area contributed by atoms with Crippen LogP contribution in [0.4, 0.5) is 22.4 Å². The number of hydrogen-bond acceptors (Lipinski definition) is 11. The van der Waals surface area contributed by atoms with Crippen molar-refractivity contribution in [1.29, 1.82) is 0 Å². The van der Waals surface area contributed by atoms with Crippen LogP contribution in [0.1, 0.15) is 38.8 Å². The van der Waals surface area contributed by atoms with Gasteiger partial charge in [-0.25, -0.2) is 4.79 Å². The molecule has 3 rings (SSSR count). The lowest BCUT2D eigenvalue weighted by molar-refractivity contribution is -0.385. The van der Waals surface area contributed by atoms with Gasteiger partial charge in [-0.3, -0.25) is 14.9 Å². The fraction of sp³-hybridized carbons (Fsp3) is 0.393. The van der Waals surface area contributed by atoms with E-state index in [9.17, 15) is 19.7 Å². The highest BCUT2D eigenvalue weighted by molar-refractivity contribution is 7.98. The summed E-state index contributed by atoms with van der Waals surface area (Å²) in [5.41, 5.74) is 0.831. The van der Waals surface area contributed by atoms with Crippen molar-refractivity contribution in [3.05, 3.63) is 74.8 Å². The largest absolute Gasteiger partial charge is 0.444 e. The average molecular weight is 631 g/mol. The summed E-state index contributed by atoms with van der Waals surface area (Å²) in [6.07, 6.45) is -0.526. The number of carbonyl (C=O) groups is 2. The molecule has 0 unspecified atom stereocenters. The van der Waals surface area contributed by atoms with E-state index in [4.69, 9.17) is 16.3 Å².